The number of carboxylic acids is 1. The summed E-state index contributed by atoms with van der Waals surface area (Å²) in [5.41, 5.74) is 0.0424. The summed E-state index contributed by atoms with van der Waals surface area (Å²) in [6, 6.07) is 9.87. The first-order chi connectivity index (χ1) is 9.47. The average molecular weight is 338 g/mol. The first-order valence-corrected chi connectivity index (χ1v) is 6.22. The molecule has 0 amide bonds. The Bertz CT molecular complexity index is 669. The number of non-ortho nitro benzene ring substituents is 1. The van der Waals surface area contributed by atoms with E-state index in [1.807, 2.05) is 0 Å². The van der Waals surface area contributed by atoms with Crippen molar-refractivity contribution in [2.24, 2.45) is 0 Å². The van der Waals surface area contributed by atoms with Gasteiger partial charge < -0.3 is 9.84 Å². The van der Waals surface area contributed by atoms with Crippen molar-refractivity contribution in [2.75, 3.05) is 0 Å². The molecular formula is C13H8BrNO5. The van der Waals surface area contributed by atoms with Gasteiger partial charge in [0, 0.05) is 12.1 Å². The molecule has 7 heteroatoms. The molecule has 0 fully saturated rings. The van der Waals surface area contributed by atoms with Gasteiger partial charge in [0.05, 0.1) is 15.0 Å². The number of hydrogen-bond acceptors (Lipinski definition) is 4. The third kappa shape index (κ3) is 3.12. The molecule has 2 rings (SSSR count). The topological polar surface area (TPSA) is 89.7 Å². The van der Waals surface area contributed by atoms with Crippen LogP contribution in [0.5, 0.6) is 11.5 Å². The van der Waals surface area contributed by atoms with E-state index in [4.69, 9.17) is 9.84 Å². The Kier molecular flexibility index (Phi) is 3.99. The Morgan fingerprint density at radius 1 is 1.20 bits per heavy atom. The second-order valence-corrected chi connectivity index (χ2v) is 4.66. The van der Waals surface area contributed by atoms with Crippen molar-refractivity contribution in [3.8, 4) is 11.5 Å². The molecule has 0 spiro atoms. The number of halogens is 1. The second-order valence-electron chi connectivity index (χ2n) is 3.80. The molecule has 0 aliphatic heterocycles. The minimum atomic E-state index is -1.06. The summed E-state index contributed by atoms with van der Waals surface area (Å²) in [6.45, 7) is 0. The summed E-state index contributed by atoms with van der Waals surface area (Å²) >= 11 is 3.25. The van der Waals surface area contributed by atoms with Crippen LogP contribution in [0.15, 0.2) is 46.9 Å². The molecule has 102 valence electrons. The molecule has 0 saturated carbocycles. The Labute approximate surface area is 121 Å². The quantitative estimate of drug-likeness (QED) is 0.676. The number of rotatable bonds is 4. The Morgan fingerprint density at radius 3 is 2.40 bits per heavy atom. The molecule has 0 unspecified atom stereocenters. The normalized spacial score (nSPS) is 10.1. The van der Waals surface area contributed by atoms with Gasteiger partial charge in [-0.15, -0.1) is 0 Å². The van der Waals surface area contributed by atoms with Gasteiger partial charge in [-0.2, -0.15) is 0 Å². The third-order valence-corrected chi connectivity index (χ3v) is 3.11. The molecular weight excluding hydrogens is 330 g/mol. The smallest absolute Gasteiger partial charge is 0.335 e. The second kappa shape index (κ2) is 5.70. The van der Waals surface area contributed by atoms with Gasteiger partial charge in [0.15, 0.2) is 0 Å². The summed E-state index contributed by atoms with van der Waals surface area (Å²) in [5.74, 6) is -0.372. The molecule has 0 atom stereocenters. The highest BCUT2D eigenvalue weighted by molar-refractivity contribution is 9.10. The third-order valence-electron chi connectivity index (χ3n) is 2.45. The van der Waals surface area contributed by atoms with Crippen molar-refractivity contribution in [2.45, 2.75) is 0 Å². The van der Waals surface area contributed by atoms with Gasteiger partial charge in [0.1, 0.15) is 11.5 Å². The standard InChI is InChI=1S/C13H8BrNO5/c14-11-6-1-8(13(16)17)7-12(11)20-10-4-2-9(3-5-10)15(18)19/h1-7H,(H,16,17). The number of aromatic carboxylic acids is 1. The van der Waals surface area contributed by atoms with Crippen molar-refractivity contribution in [3.05, 3.63) is 62.6 Å². The van der Waals surface area contributed by atoms with Gasteiger partial charge in [-0.1, -0.05) is 0 Å². The summed E-state index contributed by atoms with van der Waals surface area (Å²) in [5, 5.41) is 19.5. The molecule has 0 radical (unpaired) electrons. The maximum atomic E-state index is 10.9. The van der Waals surface area contributed by atoms with E-state index in [1.165, 1.54) is 36.4 Å². The lowest BCUT2D eigenvalue weighted by Crippen LogP contribution is -1.97. The van der Waals surface area contributed by atoms with Crippen LogP contribution in [0.2, 0.25) is 0 Å². The first kappa shape index (κ1) is 14.0. The number of ether oxygens (including phenoxy) is 1. The first-order valence-electron chi connectivity index (χ1n) is 5.42. The molecule has 0 bridgehead atoms. The highest BCUT2D eigenvalue weighted by atomic mass is 79.9. The Balaban J connectivity index is 2.27. The van der Waals surface area contributed by atoms with Crippen molar-refractivity contribution >= 4 is 27.6 Å². The number of carboxylic acid groups (broad SMARTS) is 1. The average Bonchev–Trinajstić information content (AvgIpc) is 2.41. The predicted molar refractivity (Wildman–Crippen MR) is 74.3 cm³/mol. The number of nitrogens with zero attached hydrogens (tertiary/aromatic N) is 1. The fourth-order valence-corrected chi connectivity index (χ4v) is 1.81. The van der Waals surface area contributed by atoms with Gasteiger partial charge in [0.25, 0.3) is 5.69 Å². The lowest BCUT2D eigenvalue weighted by atomic mass is 10.2. The van der Waals surface area contributed by atoms with Crippen molar-refractivity contribution in [3.63, 3.8) is 0 Å². The molecule has 6 nitrogen and oxygen atoms in total. The maximum absolute atomic E-state index is 10.9. The number of benzene rings is 2. The fourth-order valence-electron chi connectivity index (χ4n) is 1.48. The van der Waals surface area contributed by atoms with Gasteiger partial charge >= 0.3 is 5.97 Å². The van der Waals surface area contributed by atoms with E-state index in [2.05, 4.69) is 15.9 Å². The van der Waals surface area contributed by atoms with Gasteiger partial charge in [0.2, 0.25) is 0 Å². The molecule has 0 saturated heterocycles. The zero-order chi connectivity index (χ0) is 14.7. The molecule has 2 aromatic carbocycles. The van der Waals surface area contributed by atoms with E-state index in [-0.39, 0.29) is 11.3 Å². The van der Waals surface area contributed by atoms with E-state index < -0.39 is 10.9 Å². The Hall–Kier alpha value is -2.41. The van der Waals surface area contributed by atoms with Crippen LogP contribution in [0, 0.1) is 10.1 Å². The number of nitro groups is 1. The van der Waals surface area contributed by atoms with Crippen LogP contribution in [0.3, 0.4) is 0 Å². The van der Waals surface area contributed by atoms with Crippen molar-refractivity contribution in [1.82, 2.24) is 0 Å². The lowest BCUT2D eigenvalue weighted by molar-refractivity contribution is -0.384. The highest BCUT2D eigenvalue weighted by Gasteiger charge is 2.10. The molecule has 0 heterocycles. The largest absolute Gasteiger partial charge is 0.478 e. The minimum absolute atomic E-state index is 0.0456. The van der Waals surface area contributed by atoms with Crippen LogP contribution in [-0.2, 0) is 0 Å². The van der Waals surface area contributed by atoms with E-state index in [0.29, 0.717) is 16.0 Å². The summed E-state index contributed by atoms with van der Waals surface area (Å²) in [4.78, 5) is 20.9. The van der Waals surface area contributed by atoms with Gasteiger partial charge in [-0.05, 0) is 46.3 Å². The molecule has 2 aromatic rings. The predicted octanol–water partition coefficient (Wildman–Crippen LogP) is 3.85. The molecule has 0 aliphatic carbocycles. The highest BCUT2D eigenvalue weighted by Crippen LogP contribution is 2.31. The zero-order valence-electron chi connectivity index (χ0n) is 9.95. The van der Waals surface area contributed by atoms with Crippen LogP contribution >= 0.6 is 15.9 Å². The molecule has 0 aromatic heterocycles. The molecule has 1 N–H and O–H groups in total. The SMILES string of the molecule is O=C(O)c1ccc(Br)c(Oc2ccc([N+](=O)[O-])cc2)c1. The van der Waals surface area contributed by atoms with Gasteiger partial charge in [-0.3, -0.25) is 10.1 Å². The molecule has 0 aliphatic rings. The van der Waals surface area contributed by atoms with Crippen molar-refractivity contribution < 1.29 is 19.6 Å². The Morgan fingerprint density at radius 2 is 1.85 bits per heavy atom. The van der Waals surface area contributed by atoms with Crippen LogP contribution < -0.4 is 4.74 Å². The van der Waals surface area contributed by atoms with E-state index in [9.17, 15) is 14.9 Å². The van der Waals surface area contributed by atoms with E-state index >= 15 is 0 Å². The number of nitro benzene ring substituents is 1. The van der Waals surface area contributed by atoms with Crippen LogP contribution in [-0.4, -0.2) is 16.0 Å². The number of hydrogen-bond donors (Lipinski definition) is 1. The monoisotopic (exact) mass is 337 g/mol. The van der Waals surface area contributed by atoms with Crippen LogP contribution in [0.1, 0.15) is 10.4 Å². The van der Waals surface area contributed by atoms with Gasteiger partial charge in [-0.25, -0.2) is 4.79 Å². The van der Waals surface area contributed by atoms with Crippen LogP contribution in [0.4, 0.5) is 5.69 Å². The maximum Gasteiger partial charge on any atom is 0.335 e. The summed E-state index contributed by atoms with van der Waals surface area (Å²) < 4.78 is 6.09. The van der Waals surface area contributed by atoms with Crippen LogP contribution in [0.25, 0.3) is 0 Å². The van der Waals surface area contributed by atoms with E-state index in [0.717, 1.165) is 0 Å². The lowest BCUT2D eigenvalue weighted by Gasteiger charge is -2.08. The van der Waals surface area contributed by atoms with E-state index in [1.54, 1.807) is 6.07 Å². The summed E-state index contributed by atoms with van der Waals surface area (Å²) in [7, 11) is 0. The fraction of sp³-hybridized carbons (Fsp3) is 0. The zero-order valence-corrected chi connectivity index (χ0v) is 11.5. The number of carbonyl (C=O) groups is 1. The summed E-state index contributed by atoms with van der Waals surface area (Å²) in [6.07, 6.45) is 0. The molecule has 20 heavy (non-hydrogen) atoms. The minimum Gasteiger partial charge on any atom is -0.478 e. The van der Waals surface area contributed by atoms with Crippen molar-refractivity contribution in [1.29, 1.82) is 0 Å².